The van der Waals surface area contributed by atoms with Crippen molar-refractivity contribution in [1.82, 2.24) is 4.98 Å². The smallest absolute Gasteiger partial charge is 0.101 e. The lowest BCUT2D eigenvalue weighted by atomic mass is 9.68. The van der Waals surface area contributed by atoms with E-state index < -0.39 is 0 Å². The van der Waals surface area contributed by atoms with Gasteiger partial charge in [-0.1, -0.05) is 51.9 Å². The first-order chi connectivity index (χ1) is 12.8. The quantitative estimate of drug-likeness (QED) is 0.495. The van der Waals surface area contributed by atoms with E-state index in [4.69, 9.17) is 5.26 Å². The second-order valence-corrected chi connectivity index (χ2v) is 8.83. The van der Waals surface area contributed by atoms with Gasteiger partial charge in [-0.15, -0.1) is 0 Å². The maximum Gasteiger partial charge on any atom is 0.101 e. The molecule has 0 saturated heterocycles. The summed E-state index contributed by atoms with van der Waals surface area (Å²) in [6.07, 6.45) is 20.2. The van der Waals surface area contributed by atoms with E-state index in [2.05, 4.69) is 24.0 Å². The Morgan fingerprint density at radius 1 is 0.923 bits per heavy atom. The molecule has 26 heavy (non-hydrogen) atoms. The van der Waals surface area contributed by atoms with E-state index in [1.165, 1.54) is 89.2 Å². The first-order valence-corrected chi connectivity index (χ1v) is 11.2. The Labute approximate surface area is 160 Å². The van der Waals surface area contributed by atoms with Crippen molar-refractivity contribution in [3.63, 3.8) is 0 Å². The number of pyridine rings is 1. The van der Waals surface area contributed by atoms with Crippen molar-refractivity contribution < 1.29 is 0 Å². The zero-order valence-corrected chi connectivity index (χ0v) is 16.6. The predicted octanol–water partition coefficient (Wildman–Crippen LogP) is 7.00. The predicted molar refractivity (Wildman–Crippen MR) is 108 cm³/mol. The van der Waals surface area contributed by atoms with Gasteiger partial charge in [0.05, 0.1) is 5.56 Å². The molecule has 1 aromatic heterocycles. The number of hydrogen-bond donors (Lipinski definition) is 0. The molecular weight excluding hydrogens is 316 g/mol. The van der Waals surface area contributed by atoms with Gasteiger partial charge in [0, 0.05) is 17.8 Å². The first kappa shape index (κ1) is 19.4. The third-order valence-corrected chi connectivity index (χ3v) is 7.13. The van der Waals surface area contributed by atoms with Crippen LogP contribution in [0.5, 0.6) is 0 Å². The summed E-state index contributed by atoms with van der Waals surface area (Å²) in [5.74, 6) is 3.61. The summed E-state index contributed by atoms with van der Waals surface area (Å²) in [5.41, 5.74) is 1.88. The molecule has 0 spiro atoms. The molecule has 0 amide bonds. The minimum absolute atomic E-state index is 0.619. The van der Waals surface area contributed by atoms with Gasteiger partial charge in [0.1, 0.15) is 6.07 Å². The van der Waals surface area contributed by atoms with E-state index in [0.717, 1.165) is 17.8 Å². The third-order valence-electron chi connectivity index (χ3n) is 7.13. The highest BCUT2D eigenvalue weighted by atomic mass is 14.7. The molecule has 142 valence electrons. The molecule has 2 nitrogen and oxygen atoms in total. The Morgan fingerprint density at radius 3 is 2.19 bits per heavy atom. The van der Waals surface area contributed by atoms with Gasteiger partial charge in [0.25, 0.3) is 0 Å². The van der Waals surface area contributed by atoms with Crippen LogP contribution in [0.1, 0.15) is 108 Å². The molecule has 2 aliphatic carbocycles. The van der Waals surface area contributed by atoms with E-state index in [9.17, 15) is 0 Å². The highest BCUT2D eigenvalue weighted by Crippen LogP contribution is 2.44. The van der Waals surface area contributed by atoms with Crippen LogP contribution in [0.15, 0.2) is 18.3 Å². The fourth-order valence-electron chi connectivity index (χ4n) is 5.41. The van der Waals surface area contributed by atoms with Gasteiger partial charge in [-0.25, -0.2) is 0 Å². The number of hydrogen-bond acceptors (Lipinski definition) is 2. The Hall–Kier alpha value is -1.36. The first-order valence-electron chi connectivity index (χ1n) is 11.2. The summed E-state index contributed by atoms with van der Waals surface area (Å²) in [5, 5.41) is 8.92. The summed E-state index contributed by atoms with van der Waals surface area (Å²) in [6.45, 7) is 2.30. The van der Waals surface area contributed by atoms with E-state index >= 15 is 0 Å². The molecule has 0 bridgehead atoms. The van der Waals surface area contributed by atoms with Crippen molar-refractivity contribution in [3.05, 3.63) is 29.6 Å². The molecule has 0 radical (unpaired) electrons. The van der Waals surface area contributed by atoms with Crippen LogP contribution in [0.4, 0.5) is 0 Å². The topological polar surface area (TPSA) is 36.7 Å². The summed E-state index contributed by atoms with van der Waals surface area (Å²) >= 11 is 0. The number of aromatic nitrogens is 1. The molecule has 1 aromatic rings. The van der Waals surface area contributed by atoms with E-state index in [1.54, 1.807) is 6.20 Å². The summed E-state index contributed by atoms with van der Waals surface area (Å²) < 4.78 is 0. The van der Waals surface area contributed by atoms with Gasteiger partial charge >= 0.3 is 0 Å². The van der Waals surface area contributed by atoms with Gasteiger partial charge in [0.15, 0.2) is 0 Å². The highest BCUT2D eigenvalue weighted by Gasteiger charge is 2.31. The lowest BCUT2D eigenvalue weighted by Gasteiger charge is -2.37. The molecule has 1 heterocycles. The maximum absolute atomic E-state index is 8.92. The number of unbranched alkanes of at least 4 members (excludes halogenated alkanes) is 3. The van der Waals surface area contributed by atoms with Gasteiger partial charge < -0.3 is 0 Å². The zero-order chi connectivity index (χ0) is 18.2. The second kappa shape index (κ2) is 10.1. The van der Waals surface area contributed by atoms with Crippen molar-refractivity contribution in [1.29, 1.82) is 5.26 Å². The standard InChI is InChI=1S/C24H36N2/c1-2-3-4-5-6-19-7-10-21(11-8-19)22-12-14-23(15-13-22)24-16-9-20(17-25)18-26-24/h9,16,18-19,21-23H,2-8,10-15H2,1H3. The van der Waals surface area contributed by atoms with E-state index in [0.29, 0.717) is 11.5 Å². The van der Waals surface area contributed by atoms with Crippen molar-refractivity contribution >= 4 is 0 Å². The molecule has 0 aromatic carbocycles. The number of rotatable bonds is 7. The third kappa shape index (κ3) is 5.32. The highest BCUT2D eigenvalue weighted by molar-refractivity contribution is 5.27. The lowest BCUT2D eigenvalue weighted by Crippen LogP contribution is -2.25. The Balaban J connectivity index is 1.38. The average molecular weight is 353 g/mol. The molecule has 2 fully saturated rings. The Bertz CT molecular complexity index is 555. The lowest BCUT2D eigenvalue weighted by molar-refractivity contribution is 0.155. The van der Waals surface area contributed by atoms with Crippen LogP contribution >= 0.6 is 0 Å². The molecule has 0 atom stereocenters. The van der Waals surface area contributed by atoms with Gasteiger partial charge in [-0.3, -0.25) is 4.98 Å². The Morgan fingerprint density at radius 2 is 1.62 bits per heavy atom. The largest absolute Gasteiger partial charge is 0.260 e. The van der Waals surface area contributed by atoms with Crippen molar-refractivity contribution in [2.75, 3.05) is 0 Å². The monoisotopic (exact) mass is 352 g/mol. The molecule has 2 saturated carbocycles. The van der Waals surface area contributed by atoms with Gasteiger partial charge in [-0.05, 0) is 68.4 Å². The van der Waals surface area contributed by atoms with Crippen molar-refractivity contribution in [3.8, 4) is 6.07 Å². The van der Waals surface area contributed by atoms with Gasteiger partial charge in [0.2, 0.25) is 0 Å². The van der Waals surface area contributed by atoms with E-state index in [-0.39, 0.29) is 0 Å². The number of nitriles is 1. The fourth-order valence-corrected chi connectivity index (χ4v) is 5.41. The summed E-state index contributed by atoms with van der Waals surface area (Å²) in [4.78, 5) is 4.54. The summed E-state index contributed by atoms with van der Waals surface area (Å²) in [7, 11) is 0. The Kier molecular flexibility index (Phi) is 7.54. The van der Waals surface area contributed by atoms with Crippen LogP contribution in [-0.4, -0.2) is 4.98 Å². The average Bonchev–Trinajstić information content (AvgIpc) is 2.72. The second-order valence-electron chi connectivity index (χ2n) is 8.83. The van der Waals surface area contributed by atoms with Crippen molar-refractivity contribution in [2.24, 2.45) is 17.8 Å². The molecular formula is C24H36N2. The minimum atomic E-state index is 0.619. The van der Waals surface area contributed by atoms with E-state index in [1.807, 2.05) is 6.07 Å². The number of nitrogens with zero attached hydrogens (tertiary/aromatic N) is 2. The normalized spacial score (nSPS) is 29.2. The summed E-state index contributed by atoms with van der Waals surface area (Å²) in [6, 6.07) is 6.17. The molecule has 2 aliphatic rings. The van der Waals surface area contributed by atoms with Crippen molar-refractivity contribution in [2.45, 2.75) is 96.3 Å². The molecule has 0 unspecified atom stereocenters. The molecule has 3 rings (SSSR count). The van der Waals surface area contributed by atoms with Gasteiger partial charge in [-0.2, -0.15) is 5.26 Å². The zero-order valence-electron chi connectivity index (χ0n) is 16.6. The SMILES string of the molecule is CCCCCCC1CCC(C2CCC(c3ccc(C#N)cn3)CC2)CC1. The van der Waals surface area contributed by atoms with Crippen LogP contribution in [0, 0.1) is 29.1 Å². The molecule has 2 heteroatoms. The molecule has 0 N–H and O–H groups in total. The van der Waals surface area contributed by atoms with Crippen LogP contribution in [0.3, 0.4) is 0 Å². The maximum atomic E-state index is 8.92. The molecule has 0 aliphatic heterocycles. The minimum Gasteiger partial charge on any atom is -0.260 e. The van der Waals surface area contributed by atoms with Crippen LogP contribution in [0.25, 0.3) is 0 Å². The van der Waals surface area contributed by atoms with Crippen LogP contribution in [0.2, 0.25) is 0 Å². The van der Waals surface area contributed by atoms with Crippen LogP contribution < -0.4 is 0 Å². The fraction of sp³-hybridized carbons (Fsp3) is 0.750. The van der Waals surface area contributed by atoms with Crippen LogP contribution in [-0.2, 0) is 0 Å².